The van der Waals surface area contributed by atoms with Crippen molar-refractivity contribution in [3.63, 3.8) is 0 Å². The Labute approximate surface area is 144 Å². The van der Waals surface area contributed by atoms with Crippen molar-refractivity contribution >= 4 is 5.78 Å². The third kappa shape index (κ3) is 2.50. The van der Waals surface area contributed by atoms with E-state index < -0.39 is 0 Å². The van der Waals surface area contributed by atoms with Crippen molar-refractivity contribution in [2.45, 2.75) is 45.2 Å². The van der Waals surface area contributed by atoms with Crippen molar-refractivity contribution in [1.82, 2.24) is 5.32 Å². The molecule has 2 nitrogen and oxygen atoms in total. The van der Waals surface area contributed by atoms with Gasteiger partial charge in [-0.25, -0.2) is 0 Å². The predicted molar refractivity (Wildman–Crippen MR) is 96.8 cm³/mol. The van der Waals surface area contributed by atoms with E-state index in [4.69, 9.17) is 0 Å². The average Bonchev–Trinajstić information content (AvgIpc) is 2.57. The van der Waals surface area contributed by atoms with Gasteiger partial charge in [-0.1, -0.05) is 55.0 Å². The number of rotatable bonds is 2. The molecule has 1 saturated carbocycles. The Morgan fingerprint density at radius 2 is 1.25 bits per heavy atom. The zero-order chi connectivity index (χ0) is 16.7. The summed E-state index contributed by atoms with van der Waals surface area (Å²) in [5, 5.41) is 3.88. The molecule has 1 aliphatic carbocycles. The molecule has 0 radical (unpaired) electrons. The molecule has 1 N–H and O–H groups in total. The molecule has 4 rings (SSSR count). The topological polar surface area (TPSA) is 29.1 Å². The second kappa shape index (κ2) is 6.18. The Hall–Kier alpha value is -1.93. The van der Waals surface area contributed by atoms with E-state index in [-0.39, 0.29) is 23.9 Å². The number of carbonyl (C=O) groups excluding carboxylic acids is 1. The lowest BCUT2D eigenvalue weighted by Crippen LogP contribution is -2.50. The minimum Gasteiger partial charge on any atom is -0.302 e. The molecular formula is C22H25NO. The monoisotopic (exact) mass is 319 g/mol. The van der Waals surface area contributed by atoms with Gasteiger partial charge in [-0.2, -0.15) is 0 Å². The van der Waals surface area contributed by atoms with Gasteiger partial charge in [-0.05, 0) is 48.9 Å². The van der Waals surface area contributed by atoms with Crippen LogP contribution in [-0.2, 0) is 4.79 Å². The van der Waals surface area contributed by atoms with Crippen LogP contribution in [0.3, 0.4) is 0 Å². The van der Waals surface area contributed by atoms with Crippen molar-refractivity contribution in [1.29, 1.82) is 0 Å². The Balaban J connectivity index is 1.78. The third-order valence-corrected chi connectivity index (χ3v) is 5.97. The Bertz CT molecular complexity index is 705. The quantitative estimate of drug-likeness (QED) is 0.871. The highest BCUT2D eigenvalue weighted by molar-refractivity contribution is 5.87. The summed E-state index contributed by atoms with van der Waals surface area (Å²) in [6.45, 7) is 4.30. The fourth-order valence-corrected chi connectivity index (χ4v) is 4.69. The van der Waals surface area contributed by atoms with Crippen molar-refractivity contribution in [3.8, 4) is 0 Å². The molecule has 2 aliphatic rings. The lowest BCUT2D eigenvalue weighted by molar-refractivity contribution is -0.135. The van der Waals surface area contributed by atoms with Crippen molar-refractivity contribution < 1.29 is 4.79 Å². The maximum absolute atomic E-state index is 13.2. The summed E-state index contributed by atoms with van der Waals surface area (Å²) >= 11 is 0. The summed E-state index contributed by atoms with van der Waals surface area (Å²) in [5.74, 6) is 0.733. The standard InChI is InChI=1S/C22H25NO/c1-14-8-3-5-10-16(14)20-18-12-7-13-19(22(18)24)21(23-20)17-11-6-4-9-15(17)2/h3-6,8-11,18-21,23H,7,12-13H2,1-2H3/t18-,19-,20-,21+/m1/s1. The first kappa shape index (κ1) is 15.6. The zero-order valence-corrected chi connectivity index (χ0v) is 14.5. The van der Waals surface area contributed by atoms with Crippen LogP contribution in [-0.4, -0.2) is 5.78 Å². The minimum absolute atomic E-state index is 0.130. The number of aryl methyl sites for hydroxylation is 2. The highest BCUT2D eigenvalue weighted by Gasteiger charge is 2.46. The van der Waals surface area contributed by atoms with E-state index in [1.807, 2.05) is 0 Å². The molecule has 0 spiro atoms. The van der Waals surface area contributed by atoms with Crippen LogP contribution in [0.25, 0.3) is 0 Å². The van der Waals surface area contributed by atoms with E-state index in [1.165, 1.54) is 22.3 Å². The van der Waals surface area contributed by atoms with E-state index in [2.05, 4.69) is 67.7 Å². The highest BCUT2D eigenvalue weighted by atomic mass is 16.1. The summed E-state index contributed by atoms with van der Waals surface area (Å²) in [7, 11) is 0. The molecule has 2 aromatic rings. The van der Waals surface area contributed by atoms with Crippen molar-refractivity contribution in [2.24, 2.45) is 11.8 Å². The minimum atomic E-state index is 0.130. The van der Waals surface area contributed by atoms with E-state index in [0.29, 0.717) is 5.78 Å². The smallest absolute Gasteiger partial charge is 0.142 e. The maximum atomic E-state index is 13.2. The number of carbonyl (C=O) groups is 1. The van der Waals surface area contributed by atoms with Gasteiger partial charge in [-0.15, -0.1) is 0 Å². The van der Waals surface area contributed by atoms with E-state index in [1.54, 1.807) is 0 Å². The van der Waals surface area contributed by atoms with Gasteiger partial charge in [0.15, 0.2) is 0 Å². The Kier molecular flexibility index (Phi) is 4.01. The molecule has 2 aromatic carbocycles. The number of hydrogen-bond acceptors (Lipinski definition) is 2. The van der Waals surface area contributed by atoms with Gasteiger partial charge in [-0.3, -0.25) is 4.79 Å². The van der Waals surface area contributed by atoms with Crippen LogP contribution in [0, 0.1) is 25.7 Å². The van der Waals surface area contributed by atoms with Gasteiger partial charge in [0.1, 0.15) is 5.78 Å². The fraction of sp³-hybridized carbons (Fsp3) is 0.409. The second-order valence-corrected chi connectivity index (χ2v) is 7.38. The van der Waals surface area contributed by atoms with Crippen LogP contribution in [0.4, 0.5) is 0 Å². The molecule has 0 aromatic heterocycles. The lowest BCUT2D eigenvalue weighted by Gasteiger charge is -2.46. The zero-order valence-electron chi connectivity index (χ0n) is 14.5. The van der Waals surface area contributed by atoms with Gasteiger partial charge in [0.25, 0.3) is 0 Å². The van der Waals surface area contributed by atoms with Gasteiger partial charge >= 0.3 is 0 Å². The van der Waals surface area contributed by atoms with Gasteiger partial charge < -0.3 is 5.32 Å². The van der Waals surface area contributed by atoms with Gasteiger partial charge in [0.2, 0.25) is 0 Å². The van der Waals surface area contributed by atoms with Crippen LogP contribution < -0.4 is 5.32 Å². The van der Waals surface area contributed by atoms with Gasteiger partial charge in [0.05, 0.1) is 0 Å². The first-order valence-corrected chi connectivity index (χ1v) is 9.07. The van der Waals surface area contributed by atoms with Crippen molar-refractivity contribution in [3.05, 3.63) is 70.8 Å². The Morgan fingerprint density at radius 3 is 1.71 bits per heavy atom. The molecule has 2 fully saturated rings. The first-order valence-electron chi connectivity index (χ1n) is 9.07. The highest BCUT2D eigenvalue weighted by Crippen LogP contribution is 2.46. The SMILES string of the molecule is Cc1ccccc1[C@H]1N[C@@H](c2ccccc2C)[C@H]2CCC[C@H]1C2=O. The maximum Gasteiger partial charge on any atom is 0.142 e. The summed E-state index contributed by atoms with van der Waals surface area (Å²) in [5.41, 5.74) is 5.12. The summed E-state index contributed by atoms with van der Waals surface area (Å²) in [6.07, 6.45) is 3.19. The molecule has 1 aliphatic heterocycles. The molecule has 24 heavy (non-hydrogen) atoms. The van der Waals surface area contributed by atoms with E-state index in [9.17, 15) is 4.79 Å². The molecule has 0 unspecified atom stereocenters. The third-order valence-electron chi connectivity index (χ3n) is 5.97. The molecule has 2 heteroatoms. The molecule has 1 heterocycles. The molecule has 2 bridgehead atoms. The number of Topliss-reactive ketones (excluding diaryl/α,β-unsaturated/α-hetero) is 1. The molecule has 1 saturated heterocycles. The average molecular weight is 319 g/mol. The Morgan fingerprint density at radius 1 is 0.792 bits per heavy atom. The summed E-state index contributed by atoms with van der Waals surface area (Å²) < 4.78 is 0. The predicted octanol–water partition coefficient (Wildman–Crippen LogP) is 4.67. The first-order chi connectivity index (χ1) is 11.7. The number of fused-ring (bicyclic) bond motifs is 2. The number of hydrogen-bond donors (Lipinski definition) is 1. The normalized spacial score (nSPS) is 29.5. The van der Waals surface area contributed by atoms with Crippen LogP contribution in [0.15, 0.2) is 48.5 Å². The lowest BCUT2D eigenvalue weighted by atomic mass is 9.66. The molecule has 4 atom stereocenters. The summed E-state index contributed by atoms with van der Waals surface area (Å²) in [6, 6.07) is 17.3. The molecule has 124 valence electrons. The number of nitrogens with one attached hydrogen (secondary N) is 1. The number of piperidine rings is 1. The van der Waals surface area contributed by atoms with Crippen LogP contribution in [0.1, 0.15) is 53.6 Å². The van der Waals surface area contributed by atoms with Crippen molar-refractivity contribution in [2.75, 3.05) is 0 Å². The summed E-state index contributed by atoms with van der Waals surface area (Å²) in [4.78, 5) is 13.2. The number of ketones is 1. The van der Waals surface area contributed by atoms with Crippen LogP contribution in [0.5, 0.6) is 0 Å². The molecule has 0 amide bonds. The number of benzene rings is 2. The van der Waals surface area contributed by atoms with E-state index >= 15 is 0 Å². The van der Waals surface area contributed by atoms with Gasteiger partial charge in [0, 0.05) is 23.9 Å². The van der Waals surface area contributed by atoms with Crippen LogP contribution >= 0.6 is 0 Å². The fourth-order valence-electron chi connectivity index (χ4n) is 4.69. The largest absolute Gasteiger partial charge is 0.302 e. The molecular weight excluding hydrogens is 294 g/mol. The van der Waals surface area contributed by atoms with E-state index in [0.717, 1.165) is 19.3 Å². The van der Waals surface area contributed by atoms with Crippen LogP contribution in [0.2, 0.25) is 0 Å². The second-order valence-electron chi connectivity index (χ2n) is 7.38.